The molecule has 0 aliphatic carbocycles. The maximum atomic E-state index is 4.39. The summed E-state index contributed by atoms with van der Waals surface area (Å²) in [7, 11) is 2.03. The Balaban J connectivity index is 2.08. The molecule has 0 radical (unpaired) electrons. The van der Waals surface area contributed by atoms with Crippen LogP contribution in [0.5, 0.6) is 0 Å². The van der Waals surface area contributed by atoms with E-state index in [4.69, 9.17) is 0 Å². The lowest BCUT2D eigenvalue weighted by molar-refractivity contribution is 0.648. The van der Waals surface area contributed by atoms with Crippen LogP contribution in [0.3, 0.4) is 0 Å². The molecule has 92 valence electrons. The summed E-state index contributed by atoms with van der Waals surface area (Å²) >= 11 is 0. The topological polar surface area (TPSA) is 46.5 Å². The molecule has 17 heavy (non-hydrogen) atoms. The van der Waals surface area contributed by atoms with Crippen molar-refractivity contribution in [1.29, 1.82) is 0 Å². The standard InChI is InChI=1S/C13H20N4/c1-9(2)12-15-8-11(16-12)7-10(3)13-14-5-6-17(13)4/h5-6,8-10H,7H2,1-4H3,(H,15,16). The summed E-state index contributed by atoms with van der Waals surface area (Å²) in [4.78, 5) is 12.1. The number of imidazole rings is 2. The van der Waals surface area contributed by atoms with E-state index in [1.54, 1.807) is 0 Å². The molecular formula is C13H20N4. The summed E-state index contributed by atoms with van der Waals surface area (Å²) in [6.07, 6.45) is 6.72. The molecule has 2 heterocycles. The predicted molar refractivity (Wildman–Crippen MR) is 68.0 cm³/mol. The van der Waals surface area contributed by atoms with Crippen molar-refractivity contribution in [3.05, 3.63) is 35.9 Å². The highest BCUT2D eigenvalue weighted by atomic mass is 15.0. The molecule has 0 saturated heterocycles. The Labute approximate surface area is 102 Å². The van der Waals surface area contributed by atoms with Crippen LogP contribution in [0.15, 0.2) is 18.6 Å². The molecule has 1 N–H and O–H groups in total. The SMILES string of the molecule is CC(C)c1ncc(CC(C)c2nccn2C)[nH]1. The predicted octanol–water partition coefficient (Wildman–Crippen LogP) is 2.61. The minimum absolute atomic E-state index is 0.399. The zero-order valence-corrected chi connectivity index (χ0v) is 10.9. The van der Waals surface area contributed by atoms with Gasteiger partial charge in [-0.3, -0.25) is 0 Å². The second kappa shape index (κ2) is 4.73. The lowest BCUT2D eigenvalue weighted by Gasteiger charge is -2.10. The van der Waals surface area contributed by atoms with Gasteiger partial charge >= 0.3 is 0 Å². The van der Waals surface area contributed by atoms with Crippen LogP contribution < -0.4 is 0 Å². The summed E-state index contributed by atoms with van der Waals surface area (Å²) < 4.78 is 2.07. The number of rotatable bonds is 4. The highest BCUT2D eigenvalue weighted by Gasteiger charge is 2.13. The molecule has 0 fully saturated rings. The first-order chi connectivity index (χ1) is 8.08. The fraction of sp³-hybridized carbons (Fsp3) is 0.538. The number of hydrogen-bond acceptors (Lipinski definition) is 2. The van der Waals surface area contributed by atoms with Gasteiger partial charge in [0.05, 0.1) is 0 Å². The number of aryl methyl sites for hydroxylation is 1. The molecule has 0 spiro atoms. The smallest absolute Gasteiger partial charge is 0.111 e. The lowest BCUT2D eigenvalue weighted by atomic mass is 10.1. The van der Waals surface area contributed by atoms with Crippen molar-refractivity contribution in [2.24, 2.45) is 7.05 Å². The van der Waals surface area contributed by atoms with Crippen LogP contribution in [-0.4, -0.2) is 19.5 Å². The average Bonchev–Trinajstić information content (AvgIpc) is 2.86. The number of nitrogens with one attached hydrogen (secondary N) is 1. The van der Waals surface area contributed by atoms with Gasteiger partial charge in [0.2, 0.25) is 0 Å². The molecule has 1 atom stereocenters. The van der Waals surface area contributed by atoms with Gasteiger partial charge < -0.3 is 9.55 Å². The molecule has 0 amide bonds. The van der Waals surface area contributed by atoms with E-state index in [9.17, 15) is 0 Å². The van der Waals surface area contributed by atoms with Crippen LogP contribution >= 0.6 is 0 Å². The van der Waals surface area contributed by atoms with Crippen molar-refractivity contribution in [3.8, 4) is 0 Å². The maximum absolute atomic E-state index is 4.39. The number of H-pyrrole nitrogens is 1. The Hall–Kier alpha value is -1.58. The molecular weight excluding hydrogens is 212 g/mol. The third-order valence-corrected chi connectivity index (χ3v) is 3.02. The third kappa shape index (κ3) is 2.57. The lowest BCUT2D eigenvalue weighted by Crippen LogP contribution is -2.06. The normalized spacial score (nSPS) is 13.2. The van der Waals surface area contributed by atoms with Crippen molar-refractivity contribution in [2.45, 2.75) is 39.0 Å². The van der Waals surface area contributed by atoms with E-state index in [0.29, 0.717) is 11.8 Å². The van der Waals surface area contributed by atoms with Gasteiger partial charge in [-0.1, -0.05) is 20.8 Å². The van der Waals surface area contributed by atoms with Crippen LogP contribution in [0.25, 0.3) is 0 Å². The summed E-state index contributed by atoms with van der Waals surface area (Å²) in [6.45, 7) is 6.48. The van der Waals surface area contributed by atoms with Crippen molar-refractivity contribution < 1.29 is 0 Å². The Morgan fingerprint density at radius 3 is 2.59 bits per heavy atom. The quantitative estimate of drug-likeness (QED) is 0.880. The largest absolute Gasteiger partial charge is 0.346 e. The fourth-order valence-corrected chi connectivity index (χ4v) is 2.05. The zero-order chi connectivity index (χ0) is 12.4. The van der Waals surface area contributed by atoms with E-state index in [0.717, 1.165) is 18.1 Å². The Bertz CT molecular complexity index is 481. The van der Waals surface area contributed by atoms with Crippen molar-refractivity contribution in [1.82, 2.24) is 19.5 Å². The van der Waals surface area contributed by atoms with E-state index >= 15 is 0 Å². The minimum Gasteiger partial charge on any atom is -0.346 e. The Kier molecular flexibility index (Phi) is 3.31. The monoisotopic (exact) mass is 232 g/mol. The first-order valence-electron chi connectivity index (χ1n) is 6.09. The minimum atomic E-state index is 0.399. The van der Waals surface area contributed by atoms with Gasteiger partial charge in [-0.25, -0.2) is 9.97 Å². The molecule has 2 aromatic heterocycles. The molecule has 2 rings (SSSR count). The van der Waals surface area contributed by atoms with Crippen molar-refractivity contribution in [3.63, 3.8) is 0 Å². The third-order valence-electron chi connectivity index (χ3n) is 3.02. The zero-order valence-electron chi connectivity index (χ0n) is 10.9. The Morgan fingerprint density at radius 1 is 1.29 bits per heavy atom. The van der Waals surface area contributed by atoms with Crippen LogP contribution in [0.2, 0.25) is 0 Å². The number of nitrogens with zero attached hydrogens (tertiary/aromatic N) is 3. The van der Waals surface area contributed by atoms with Crippen molar-refractivity contribution in [2.75, 3.05) is 0 Å². The first-order valence-corrected chi connectivity index (χ1v) is 6.09. The molecule has 0 aromatic carbocycles. The molecule has 1 unspecified atom stereocenters. The van der Waals surface area contributed by atoms with Gasteiger partial charge in [0.15, 0.2) is 0 Å². The number of aromatic amines is 1. The molecule has 0 saturated carbocycles. The molecule has 4 heteroatoms. The fourth-order valence-electron chi connectivity index (χ4n) is 2.05. The average molecular weight is 232 g/mol. The molecule has 2 aromatic rings. The number of aromatic nitrogens is 4. The van der Waals surface area contributed by atoms with Crippen LogP contribution in [0.4, 0.5) is 0 Å². The maximum Gasteiger partial charge on any atom is 0.111 e. The van der Waals surface area contributed by atoms with Gasteiger partial charge in [-0.15, -0.1) is 0 Å². The van der Waals surface area contributed by atoms with Crippen molar-refractivity contribution >= 4 is 0 Å². The van der Waals surface area contributed by atoms with Crippen LogP contribution in [0, 0.1) is 0 Å². The molecule has 4 nitrogen and oxygen atoms in total. The van der Waals surface area contributed by atoms with E-state index in [-0.39, 0.29) is 0 Å². The Morgan fingerprint density at radius 2 is 2.06 bits per heavy atom. The highest BCUT2D eigenvalue weighted by molar-refractivity contribution is 5.09. The van der Waals surface area contributed by atoms with Gasteiger partial charge in [-0.2, -0.15) is 0 Å². The molecule has 0 aliphatic rings. The second-order valence-electron chi connectivity index (χ2n) is 4.95. The van der Waals surface area contributed by atoms with Gasteiger partial charge in [-0.05, 0) is 6.42 Å². The molecule has 0 bridgehead atoms. The summed E-state index contributed by atoms with van der Waals surface area (Å²) in [5.74, 6) is 3.03. The van der Waals surface area contributed by atoms with E-state index in [1.165, 1.54) is 5.69 Å². The van der Waals surface area contributed by atoms with Gasteiger partial charge in [0.1, 0.15) is 11.6 Å². The van der Waals surface area contributed by atoms with Gasteiger partial charge in [0, 0.05) is 43.2 Å². The summed E-state index contributed by atoms with van der Waals surface area (Å²) in [5, 5.41) is 0. The van der Waals surface area contributed by atoms with E-state index in [2.05, 4.69) is 40.3 Å². The molecule has 0 aliphatic heterocycles. The van der Waals surface area contributed by atoms with Crippen LogP contribution in [0.1, 0.15) is 49.9 Å². The van der Waals surface area contributed by atoms with Gasteiger partial charge in [0.25, 0.3) is 0 Å². The highest BCUT2D eigenvalue weighted by Crippen LogP contribution is 2.18. The summed E-state index contributed by atoms with van der Waals surface area (Å²) in [5.41, 5.74) is 1.18. The summed E-state index contributed by atoms with van der Waals surface area (Å²) in [6, 6.07) is 0. The van der Waals surface area contributed by atoms with Crippen LogP contribution in [-0.2, 0) is 13.5 Å². The number of hydrogen-bond donors (Lipinski definition) is 1. The first kappa shape index (κ1) is 11.9. The van der Waals surface area contributed by atoms with E-state index < -0.39 is 0 Å². The van der Waals surface area contributed by atoms with E-state index in [1.807, 2.05) is 25.6 Å². The second-order valence-corrected chi connectivity index (χ2v) is 4.95.